The van der Waals surface area contributed by atoms with E-state index in [1.54, 1.807) is 0 Å². The maximum Gasteiger partial charge on any atom is 0.0921 e. The number of benzene rings is 1. The lowest BCUT2D eigenvalue weighted by Crippen LogP contribution is -2.14. The van der Waals surface area contributed by atoms with Crippen LogP contribution in [0.3, 0.4) is 0 Å². The first kappa shape index (κ1) is 15.1. The van der Waals surface area contributed by atoms with Gasteiger partial charge in [0.25, 0.3) is 0 Å². The van der Waals surface area contributed by atoms with E-state index in [4.69, 9.17) is 4.74 Å². The lowest BCUT2D eigenvalue weighted by molar-refractivity contribution is 0.0392. The van der Waals surface area contributed by atoms with E-state index in [1.807, 2.05) is 0 Å². The fourth-order valence-electron chi connectivity index (χ4n) is 2.88. The summed E-state index contributed by atoms with van der Waals surface area (Å²) in [6.45, 7) is 3.06. The third kappa shape index (κ3) is 4.92. The topological polar surface area (TPSA) is 9.23 Å². The quantitative estimate of drug-likeness (QED) is 0.519. The van der Waals surface area contributed by atoms with E-state index in [1.165, 1.54) is 49.7 Å². The van der Waals surface area contributed by atoms with Crippen molar-refractivity contribution in [3.05, 3.63) is 35.4 Å². The van der Waals surface area contributed by atoms with Gasteiger partial charge in [-0.25, -0.2) is 0 Å². The fraction of sp³-hybridized carbons (Fsp3) is 0.647. The molecular weight excluding hydrogens is 300 g/mol. The molecule has 0 N–H and O–H groups in total. The van der Waals surface area contributed by atoms with Crippen LogP contribution in [0, 0.1) is 12.8 Å². The zero-order valence-corrected chi connectivity index (χ0v) is 13.5. The summed E-state index contributed by atoms with van der Waals surface area (Å²) in [5.41, 5.74) is 2.60. The molecule has 0 aliphatic heterocycles. The molecule has 0 radical (unpaired) electrons. The van der Waals surface area contributed by atoms with Gasteiger partial charge in [-0.15, -0.1) is 0 Å². The maximum atomic E-state index is 6.18. The van der Waals surface area contributed by atoms with Crippen LogP contribution in [0.4, 0.5) is 0 Å². The van der Waals surface area contributed by atoms with Gasteiger partial charge in [0.15, 0.2) is 0 Å². The van der Waals surface area contributed by atoms with E-state index in [0.29, 0.717) is 0 Å². The summed E-state index contributed by atoms with van der Waals surface area (Å²) in [5, 5.41) is 0.878. The molecule has 1 atom stereocenters. The average molecular weight is 325 g/mol. The molecule has 1 nitrogen and oxygen atoms in total. The Balaban J connectivity index is 1.88. The fourth-order valence-corrected chi connectivity index (χ4v) is 3.44. The van der Waals surface area contributed by atoms with Crippen LogP contribution < -0.4 is 0 Å². The van der Waals surface area contributed by atoms with Crippen molar-refractivity contribution in [1.29, 1.82) is 0 Å². The SMILES string of the molecule is Cc1cccc(C(CBr)OCC2CCCCCC2)c1. The smallest absolute Gasteiger partial charge is 0.0921 e. The molecule has 2 heteroatoms. The molecule has 0 aromatic heterocycles. The predicted octanol–water partition coefficient (Wildman–Crippen LogP) is 5.42. The standard InChI is InChI=1S/C17H25BrO/c1-14-7-6-10-16(11-14)17(12-18)19-13-15-8-4-2-3-5-9-15/h6-7,10-11,15,17H,2-5,8-9,12-13H2,1H3. The second-order valence-electron chi connectivity index (χ2n) is 5.75. The van der Waals surface area contributed by atoms with E-state index in [9.17, 15) is 0 Å². The summed E-state index contributed by atoms with van der Waals surface area (Å²) in [7, 11) is 0. The summed E-state index contributed by atoms with van der Waals surface area (Å²) in [4.78, 5) is 0. The number of hydrogen-bond acceptors (Lipinski definition) is 1. The minimum atomic E-state index is 0.197. The van der Waals surface area contributed by atoms with Crippen molar-refractivity contribution in [3.8, 4) is 0 Å². The number of halogens is 1. The van der Waals surface area contributed by atoms with Gasteiger partial charge in [0.2, 0.25) is 0 Å². The summed E-state index contributed by atoms with van der Waals surface area (Å²) in [5.74, 6) is 0.772. The number of rotatable bonds is 5. The van der Waals surface area contributed by atoms with Gasteiger partial charge < -0.3 is 4.74 Å². The number of hydrogen-bond donors (Lipinski definition) is 0. The Bertz CT molecular complexity index is 369. The molecule has 1 saturated carbocycles. The first-order chi connectivity index (χ1) is 9.29. The highest BCUT2D eigenvalue weighted by atomic mass is 79.9. The molecule has 106 valence electrons. The van der Waals surface area contributed by atoms with Gasteiger partial charge in [0.1, 0.15) is 0 Å². The lowest BCUT2D eigenvalue weighted by atomic mass is 10.0. The monoisotopic (exact) mass is 324 g/mol. The van der Waals surface area contributed by atoms with E-state index in [0.717, 1.165) is 17.9 Å². The van der Waals surface area contributed by atoms with Crippen LogP contribution in [0.1, 0.15) is 55.8 Å². The van der Waals surface area contributed by atoms with Crippen LogP contribution >= 0.6 is 15.9 Å². The van der Waals surface area contributed by atoms with Crippen molar-refractivity contribution >= 4 is 15.9 Å². The van der Waals surface area contributed by atoms with Gasteiger partial charge in [0.05, 0.1) is 12.7 Å². The molecule has 1 aliphatic rings. The molecule has 1 aromatic rings. The highest BCUT2D eigenvalue weighted by molar-refractivity contribution is 9.09. The Morgan fingerprint density at radius 3 is 2.58 bits per heavy atom. The van der Waals surface area contributed by atoms with E-state index in [2.05, 4.69) is 47.1 Å². The van der Waals surface area contributed by atoms with Crippen LogP contribution in [0.15, 0.2) is 24.3 Å². The maximum absolute atomic E-state index is 6.18. The zero-order chi connectivity index (χ0) is 13.5. The average Bonchev–Trinajstić information content (AvgIpc) is 2.68. The molecule has 1 aliphatic carbocycles. The van der Waals surface area contributed by atoms with Crippen molar-refractivity contribution in [3.63, 3.8) is 0 Å². The van der Waals surface area contributed by atoms with Crippen LogP contribution in [0.2, 0.25) is 0 Å². The molecule has 19 heavy (non-hydrogen) atoms. The predicted molar refractivity (Wildman–Crippen MR) is 84.9 cm³/mol. The highest BCUT2D eigenvalue weighted by Crippen LogP contribution is 2.26. The van der Waals surface area contributed by atoms with Crippen molar-refractivity contribution < 1.29 is 4.74 Å². The summed E-state index contributed by atoms with van der Waals surface area (Å²) >= 11 is 3.59. The first-order valence-electron chi connectivity index (χ1n) is 7.53. The lowest BCUT2D eigenvalue weighted by Gasteiger charge is -2.20. The van der Waals surface area contributed by atoms with Crippen LogP contribution in [0.5, 0.6) is 0 Å². The number of alkyl halides is 1. The van der Waals surface area contributed by atoms with Crippen molar-refractivity contribution in [2.24, 2.45) is 5.92 Å². The van der Waals surface area contributed by atoms with Gasteiger partial charge in [-0.1, -0.05) is 71.4 Å². The van der Waals surface area contributed by atoms with Gasteiger partial charge in [-0.2, -0.15) is 0 Å². The van der Waals surface area contributed by atoms with Gasteiger partial charge in [-0.3, -0.25) is 0 Å². The normalized spacial score (nSPS) is 19.1. The van der Waals surface area contributed by atoms with Crippen molar-refractivity contribution in [2.45, 2.75) is 51.6 Å². The first-order valence-corrected chi connectivity index (χ1v) is 8.66. The number of ether oxygens (including phenoxy) is 1. The molecule has 0 heterocycles. The third-order valence-electron chi connectivity index (χ3n) is 4.06. The molecule has 0 amide bonds. The Kier molecular flexibility index (Phi) is 6.39. The molecule has 0 spiro atoms. The molecule has 1 fully saturated rings. The van der Waals surface area contributed by atoms with Crippen LogP contribution in [-0.4, -0.2) is 11.9 Å². The van der Waals surface area contributed by atoms with E-state index >= 15 is 0 Å². The largest absolute Gasteiger partial charge is 0.372 e. The van der Waals surface area contributed by atoms with Crippen LogP contribution in [0.25, 0.3) is 0 Å². The van der Waals surface area contributed by atoms with Crippen molar-refractivity contribution in [1.82, 2.24) is 0 Å². The Morgan fingerprint density at radius 1 is 1.21 bits per heavy atom. The van der Waals surface area contributed by atoms with Gasteiger partial charge >= 0.3 is 0 Å². The van der Waals surface area contributed by atoms with Gasteiger partial charge in [-0.05, 0) is 31.2 Å². The minimum Gasteiger partial charge on any atom is -0.372 e. The summed E-state index contributed by atoms with van der Waals surface area (Å²) in [6, 6.07) is 8.67. The van der Waals surface area contributed by atoms with Crippen molar-refractivity contribution in [2.75, 3.05) is 11.9 Å². The second kappa shape index (κ2) is 8.06. The molecule has 1 unspecified atom stereocenters. The Labute approximate surface area is 125 Å². The second-order valence-corrected chi connectivity index (χ2v) is 6.40. The minimum absolute atomic E-state index is 0.197. The number of aryl methyl sites for hydroxylation is 1. The Morgan fingerprint density at radius 2 is 1.95 bits per heavy atom. The summed E-state index contributed by atoms with van der Waals surface area (Å²) < 4.78 is 6.18. The zero-order valence-electron chi connectivity index (χ0n) is 11.9. The van der Waals surface area contributed by atoms with E-state index in [-0.39, 0.29) is 6.10 Å². The molecule has 2 rings (SSSR count). The summed E-state index contributed by atoms with van der Waals surface area (Å²) in [6.07, 6.45) is 8.50. The Hall–Kier alpha value is -0.340. The van der Waals surface area contributed by atoms with Crippen LogP contribution in [-0.2, 0) is 4.74 Å². The highest BCUT2D eigenvalue weighted by Gasteiger charge is 2.16. The third-order valence-corrected chi connectivity index (χ3v) is 4.65. The molecular formula is C17H25BrO. The van der Waals surface area contributed by atoms with Gasteiger partial charge in [0, 0.05) is 5.33 Å². The molecule has 0 bridgehead atoms. The molecule has 1 aromatic carbocycles. The van der Waals surface area contributed by atoms with E-state index < -0.39 is 0 Å². The molecule has 0 saturated heterocycles.